The highest BCUT2D eigenvalue weighted by atomic mass is 16.5. The fraction of sp³-hybridized carbons (Fsp3) is 0.938. The molecule has 0 bridgehead atoms. The predicted molar refractivity (Wildman–Crippen MR) is 84.2 cm³/mol. The average molecular weight is 297 g/mol. The minimum absolute atomic E-state index is 0.00663. The monoisotopic (exact) mass is 297 g/mol. The Bertz CT molecular complexity index is 327. The maximum atomic E-state index is 12.6. The van der Waals surface area contributed by atoms with E-state index >= 15 is 0 Å². The van der Waals surface area contributed by atoms with E-state index in [-0.39, 0.29) is 17.9 Å². The molecule has 2 saturated heterocycles. The molecule has 2 atom stereocenters. The molecule has 1 amide bonds. The number of rotatable bonds is 6. The first-order valence-electron chi connectivity index (χ1n) is 8.44. The Balaban J connectivity index is 1.77. The van der Waals surface area contributed by atoms with Gasteiger partial charge in [-0.25, -0.2) is 0 Å². The zero-order valence-electron chi connectivity index (χ0n) is 13.8. The third-order valence-corrected chi connectivity index (χ3v) is 4.57. The van der Waals surface area contributed by atoms with Crippen molar-refractivity contribution in [1.29, 1.82) is 0 Å². The fourth-order valence-corrected chi connectivity index (χ4v) is 3.13. The molecule has 0 saturated carbocycles. The summed E-state index contributed by atoms with van der Waals surface area (Å²) in [6, 6.07) is 0.196. The lowest BCUT2D eigenvalue weighted by atomic mass is 10.0. The van der Waals surface area contributed by atoms with Gasteiger partial charge in [-0.15, -0.1) is 0 Å². The van der Waals surface area contributed by atoms with Gasteiger partial charge in [0.15, 0.2) is 0 Å². The molecule has 5 heteroatoms. The van der Waals surface area contributed by atoms with Crippen LogP contribution in [0.1, 0.15) is 27.2 Å². The van der Waals surface area contributed by atoms with E-state index < -0.39 is 0 Å². The highest BCUT2D eigenvalue weighted by Gasteiger charge is 2.36. The average Bonchev–Trinajstić information content (AvgIpc) is 2.93. The van der Waals surface area contributed by atoms with Gasteiger partial charge in [0, 0.05) is 32.2 Å². The van der Waals surface area contributed by atoms with E-state index in [1.165, 1.54) is 6.42 Å². The Hall–Kier alpha value is -0.650. The van der Waals surface area contributed by atoms with E-state index in [0.717, 1.165) is 45.2 Å². The summed E-state index contributed by atoms with van der Waals surface area (Å²) in [6.07, 6.45) is 1.24. The Labute approximate surface area is 129 Å². The van der Waals surface area contributed by atoms with Gasteiger partial charge in [-0.3, -0.25) is 9.69 Å². The first-order valence-corrected chi connectivity index (χ1v) is 8.44. The number of carbonyl (C=O) groups excluding carboxylic acids is 1. The maximum absolute atomic E-state index is 12.6. The molecule has 2 unspecified atom stereocenters. The molecule has 0 spiro atoms. The van der Waals surface area contributed by atoms with Gasteiger partial charge in [0.2, 0.25) is 5.91 Å². The number of nitrogens with zero attached hydrogens (tertiary/aromatic N) is 2. The van der Waals surface area contributed by atoms with Crippen LogP contribution >= 0.6 is 0 Å². The van der Waals surface area contributed by atoms with Crippen LogP contribution in [0.25, 0.3) is 0 Å². The van der Waals surface area contributed by atoms with E-state index in [4.69, 9.17) is 4.74 Å². The van der Waals surface area contributed by atoms with Crippen LogP contribution in [0.4, 0.5) is 0 Å². The normalized spacial score (nSPS) is 27.5. The van der Waals surface area contributed by atoms with E-state index in [1.807, 2.05) is 4.90 Å². The number of ether oxygens (including phenoxy) is 1. The summed E-state index contributed by atoms with van der Waals surface area (Å²) in [5.41, 5.74) is 0. The second kappa shape index (κ2) is 8.11. The second-order valence-corrected chi connectivity index (χ2v) is 6.66. The van der Waals surface area contributed by atoms with E-state index in [0.29, 0.717) is 13.2 Å². The van der Waals surface area contributed by atoms with Crippen LogP contribution in [0.3, 0.4) is 0 Å². The molecule has 122 valence electrons. The van der Waals surface area contributed by atoms with Crippen molar-refractivity contribution in [2.45, 2.75) is 33.2 Å². The summed E-state index contributed by atoms with van der Waals surface area (Å²) < 4.78 is 5.50. The molecular weight excluding hydrogens is 266 g/mol. The topological polar surface area (TPSA) is 44.8 Å². The summed E-state index contributed by atoms with van der Waals surface area (Å²) in [5.74, 6) is 1.04. The molecule has 1 N–H and O–H groups in total. The smallest absolute Gasteiger partial charge is 0.229 e. The van der Waals surface area contributed by atoms with E-state index in [1.54, 1.807) is 0 Å². The predicted octanol–water partition coefficient (Wildman–Crippen LogP) is 0.801. The molecule has 2 heterocycles. The molecule has 5 nitrogen and oxygen atoms in total. The van der Waals surface area contributed by atoms with Gasteiger partial charge in [-0.1, -0.05) is 20.8 Å². The third-order valence-electron chi connectivity index (χ3n) is 4.57. The molecule has 21 heavy (non-hydrogen) atoms. The molecule has 0 aromatic rings. The van der Waals surface area contributed by atoms with Crippen LogP contribution in [0, 0.1) is 11.8 Å². The van der Waals surface area contributed by atoms with Gasteiger partial charge < -0.3 is 15.0 Å². The summed E-state index contributed by atoms with van der Waals surface area (Å²) >= 11 is 0. The summed E-state index contributed by atoms with van der Waals surface area (Å²) in [4.78, 5) is 17.2. The third kappa shape index (κ3) is 4.66. The lowest BCUT2D eigenvalue weighted by Crippen LogP contribution is -2.53. The Morgan fingerprint density at radius 1 is 1.24 bits per heavy atom. The standard InChI is InChI=1S/C16H31N3O2/c1-4-17-15-12-21-11-14(15)16(20)19-9-7-18(8-10-19)6-5-13(2)3/h13-15,17H,4-12H2,1-3H3. The Morgan fingerprint density at radius 2 is 1.95 bits per heavy atom. The summed E-state index contributed by atoms with van der Waals surface area (Å²) in [5, 5.41) is 3.37. The van der Waals surface area contributed by atoms with Crippen LogP contribution in [-0.4, -0.2) is 74.2 Å². The zero-order chi connectivity index (χ0) is 15.2. The SMILES string of the molecule is CCNC1COCC1C(=O)N1CCN(CCC(C)C)CC1. The minimum Gasteiger partial charge on any atom is -0.379 e. The van der Waals surface area contributed by atoms with Gasteiger partial charge in [0.1, 0.15) is 0 Å². The fourth-order valence-electron chi connectivity index (χ4n) is 3.13. The number of likely N-dealkylation sites (N-methyl/N-ethyl adjacent to an activating group) is 1. The first kappa shape index (κ1) is 16.7. The lowest BCUT2D eigenvalue weighted by Gasteiger charge is -2.36. The van der Waals surface area contributed by atoms with Crippen LogP contribution in [-0.2, 0) is 9.53 Å². The molecular formula is C16H31N3O2. The summed E-state index contributed by atoms with van der Waals surface area (Å²) in [6.45, 7) is 13.7. The van der Waals surface area contributed by atoms with Crippen molar-refractivity contribution in [2.75, 3.05) is 52.5 Å². The van der Waals surface area contributed by atoms with Gasteiger partial charge in [0.25, 0.3) is 0 Å². The van der Waals surface area contributed by atoms with Crippen molar-refractivity contribution in [3.05, 3.63) is 0 Å². The molecule has 0 radical (unpaired) electrons. The van der Waals surface area contributed by atoms with Crippen LogP contribution in [0.2, 0.25) is 0 Å². The summed E-state index contributed by atoms with van der Waals surface area (Å²) in [7, 11) is 0. The number of amides is 1. The number of piperazine rings is 1. The van der Waals surface area contributed by atoms with Gasteiger partial charge in [0.05, 0.1) is 19.1 Å². The largest absolute Gasteiger partial charge is 0.379 e. The zero-order valence-corrected chi connectivity index (χ0v) is 13.8. The van der Waals surface area contributed by atoms with Crippen LogP contribution in [0.15, 0.2) is 0 Å². The van der Waals surface area contributed by atoms with Crippen LogP contribution < -0.4 is 5.32 Å². The van der Waals surface area contributed by atoms with Gasteiger partial charge in [-0.2, -0.15) is 0 Å². The number of nitrogens with one attached hydrogen (secondary N) is 1. The lowest BCUT2D eigenvalue weighted by molar-refractivity contribution is -0.137. The molecule has 2 aliphatic rings. The first-order chi connectivity index (χ1) is 10.1. The van der Waals surface area contributed by atoms with Crippen molar-refractivity contribution < 1.29 is 9.53 Å². The Morgan fingerprint density at radius 3 is 2.57 bits per heavy atom. The number of carbonyl (C=O) groups is 1. The maximum Gasteiger partial charge on any atom is 0.229 e. The van der Waals surface area contributed by atoms with Crippen LogP contribution in [0.5, 0.6) is 0 Å². The van der Waals surface area contributed by atoms with Crippen molar-refractivity contribution in [2.24, 2.45) is 11.8 Å². The highest BCUT2D eigenvalue weighted by Crippen LogP contribution is 2.18. The van der Waals surface area contributed by atoms with Gasteiger partial charge >= 0.3 is 0 Å². The highest BCUT2D eigenvalue weighted by molar-refractivity contribution is 5.80. The Kier molecular flexibility index (Phi) is 6.45. The van der Waals surface area contributed by atoms with Crippen molar-refractivity contribution in [3.8, 4) is 0 Å². The second-order valence-electron chi connectivity index (χ2n) is 6.66. The van der Waals surface area contributed by atoms with Crippen molar-refractivity contribution in [3.63, 3.8) is 0 Å². The number of hydrogen-bond acceptors (Lipinski definition) is 4. The number of hydrogen-bond donors (Lipinski definition) is 1. The molecule has 0 aromatic carbocycles. The van der Waals surface area contributed by atoms with Gasteiger partial charge in [-0.05, 0) is 25.4 Å². The minimum atomic E-state index is 0.00663. The molecule has 0 aromatic heterocycles. The van der Waals surface area contributed by atoms with E-state index in [9.17, 15) is 4.79 Å². The van der Waals surface area contributed by atoms with Crippen molar-refractivity contribution in [1.82, 2.24) is 15.1 Å². The molecule has 2 rings (SSSR count). The molecule has 2 aliphatic heterocycles. The van der Waals surface area contributed by atoms with Crippen molar-refractivity contribution >= 4 is 5.91 Å². The quantitative estimate of drug-likeness (QED) is 0.788. The van der Waals surface area contributed by atoms with E-state index in [2.05, 4.69) is 31.0 Å². The molecule has 0 aliphatic carbocycles. The molecule has 2 fully saturated rings.